The molecular weight excluding hydrogens is 250 g/mol. The van der Waals surface area contributed by atoms with Gasteiger partial charge >= 0.3 is 0 Å². The van der Waals surface area contributed by atoms with Crippen LogP contribution in [0.1, 0.15) is 64.0 Å². The molecule has 0 aromatic carbocycles. The Balaban J connectivity index is 2.16. The molecule has 1 aromatic rings. The van der Waals surface area contributed by atoms with Gasteiger partial charge in [-0.1, -0.05) is 33.1 Å². The zero-order valence-corrected chi connectivity index (χ0v) is 12.9. The maximum atomic E-state index is 10.9. The van der Waals surface area contributed by atoms with Gasteiger partial charge in [-0.25, -0.2) is 0 Å². The Morgan fingerprint density at radius 2 is 2.35 bits per heavy atom. The largest absolute Gasteiger partial charge is 0.388 e. The highest BCUT2D eigenvalue weighted by Crippen LogP contribution is 2.47. The van der Waals surface area contributed by atoms with Crippen molar-refractivity contribution in [2.24, 2.45) is 17.1 Å². The number of rotatable bonds is 6. The van der Waals surface area contributed by atoms with Crippen molar-refractivity contribution in [2.75, 3.05) is 6.54 Å². The maximum Gasteiger partial charge on any atom is 0.0888 e. The first-order valence-electron chi connectivity index (χ1n) is 8.05. The zero-order valence-electron chi connectivity index (χ0n) is 12.9. The molecule has 0 amide bonds. The summed E-state index contributed by atoms with van der Waals surface area (Å²) in [5.41, 5.74) is 6.85. The lowest BCUT2D eigenvalue weighted by Crippen LogP contribution is -2.41. The third-order valence-corrected chi connectivity index (χ3v) is 4.97. The van der Waals surface area contributed by atoms with Crippen LogP contribution in [0.15, 0.2) is 12.4 Å². The molecule has 114 valence electrons. The van der Waals surface area contributed by atoms with Crippen molar-refractivity contribution in [1.82, 2.24) is 9.78 Å². The van der Waals surface area contributed by atoms with Gasteiger partial charge in [0.1, 0.15) is 0 Å². The molecule has 4 nitrogen and oxygen atoms in total. The Bertz CT molecular complexity index is 418. The number of hydrogen-bond donors (Lipinski definition) is 2. The summed E-state index contributed by atoms with van der Waals surface area (Å²) in [4.78, 5) is 0. The summed E-state index contributed by atoms with van der Waals surface area (Å²) in [6.45, 7) is 5.83. The van der Waals surface area contributed by atoms with E-state index >= 15 is 0 Å². The van der Waals surface area contributed by atoms with E-state index in [-0.39, 0.29) is 5.41 Å². The highest BCUT2D eigenvalue weighted by atomic mass is 16.3. The molecular formula is C16H29N3O. The van der Waals surface area contributed by atoms with Crippen molar-refractivity contribution in [3.63, 3.8) is 0 Å². The summed E-state index contributed by atoms with van der Waals surface area (Å²) in [6.07, 6.45) is 10.1. The lowest BCUT2D eigenvalue weighted by Gasteiger charge is -2.43. The quantitative estimate of drug-likeness (QED) is 0.841. The van der Waals surface area contributed by atoms with E-state index in [9.17, 15) is 5.11 Å². The molecule has 4 heteroatoms. The van der Waals surface area contributed by atoms with E-state index in [1.165, 1.54) is 19.3 Å². The molecule has 3 atom stereocenters. The van der Waals surface area contributed by atoms with Crippen LogP contribution in [0.25, 0.3) is 0 Å². The minimum atomic E-state index is -0.479. The van der Waals surface area contributed by atoms with Crippen molar-refractivity contribution >= 4 is 0 Å². The molecule has 1 aliphatic rings. The van der Waals surface area contributed by atoms with Crippen LogP contribution < -0.4 is 5.73 Å². The standard InChI is InChI=1S/C16H29N3O/c1-3-8-19-11-14(10-18-19)15(20)16(12-17)7-5-6-13(4-2)9-16/h10-11,13,15,20H,3-9,12,17H2,1-2H3. The van der Waals surface area contributed by atoms with Gasteiger partial charge in [-0.2, -0.15) is 5.10 Å². The van der Waals surface area contributed by atoms with E-state index in [1.54, 1.807) is 0 Å². The molecule has 1 heterocycles. The van der Waals surface area contributed by atoms with Crippen molar-refractivity contribution in [3.05, 3.63) is 18.0 Å². The number of aliphatic hydroxyl groups excluding tert-OH is 1. The predicted octanol–water partition coefficient (Wildman–Crippen LogP) is 2.87. The van der Waals surface area contributed by atoms with Crippen LogP contribution in [0.4, 0.5) is 0 Å². The van der Waals surface area contributed by atoms with E-state index in [1.807, 2.05) is 17.1 Å². The molecule has 0 saturated heterocycles. The first kappa shape index (κ1) is 15.5. The Kier molecular flexibility index (Phi) is 5.22. The minimum Gasteiger partial charge on any atom is -0.388 e. The van der Waals surface area contributed by atoms with Gasteiger partial charge in [-0.3, -0.25) is 4.68 Å². The highest BCUT2D eigenvalue weighted by molar-refractivity contribution is 5.13. The van der Waals surface area contributed by atoms with Crippen molar-refractivity contribution in [1.29, 1.82) is 0 Å². The number of aliphatic hydroxyl groups is 1. The summed E-state index contributed by atoms with van der Waals surface area (Å²) in [5.74, 6) is 0.702. The number of aromatic nitrogens is 2. The molecule has 0 aliphatic heterocycles. The maximum absolute atomic E-state index is 10.9. The minimum absolute atomic E-state index is 0.154. The number of hydrogen-bond acceptors (Lipinski definition) is 3. The van der Waals surface area contributed by atoms with Gasteiger partial charge in [-0.15, -0.1) is 0 Å². The van der Waals surface area contributed by atoms with E-state index in [0.717, 1.165) is 31.4 Å². The Morgan fingerprint density at radius 3 is 3.00 bits per heavy atom. The molecule has 0 bridgehead atoms. The van der Waals surface area contributed by atoms with Crippen molar-refractivity contribution in [3.8, 4) is 0 Å². The topological polar surface area (TPSA) is 64.1 Å². The Morgan fingerprint density at radius 1 is 1.55 bits per heavy atom. The number of nitrogens with zero attached hydrogens (tertiary/aromatic N) is 2. The summed E-state index contributed by atoms with van der Waals surface area (Å²) < 4.78 is 1.92. The summed E-state index contributed by atoms with van der Waals surface area (Å²) in [7, 11) is 0. The highest BCUT2D eigenvalue weighted by Gasteiger charge is 2.41. The lowest BCUT2D eigenvalue weighted by molar-refractivity contribution is -0.0162. The summed E-state index contributed by atoms with van der Waals surface area (Å²) in [5, 5.41) is 15.2. The normalized spacial score (nSPS) is 28.5. The number of aryl methyl sites for hydroxylation is 1. The van der Waals surface area contributed by atoms with Crippen LogP contribution in [-0.4, -0.2) is 21.4 Å². The van der Waals surface area contributed by atoms with Gasteiger partial charge in [-0.05, 0) is 25.2 Å². The zero-order chi connectivity index (χ0) is 14.6. The second-order valence-corrected chi connectivity index (χ2v) is 6.38. The predicted molar refractivity (Wildman–Crippen MR) is 81.2 cm³/mol. The molecule has 20 heavy (non-hydrogen) atoms. The van der Waals surface area contributed by atoms with Crippen molar-refractivity contribution in [2.45, 2.75) is 65.0 Å². The first-order valence-corrected chi connectivity index (χ1v) is 8.05. The molecule has 1 aliphatic carbocycles. The third kappa shape index (κ3) is 3.07. The van der Waals surface area contributed by atoms with Crippen LogP contribution >= 0.6 is 0 Å². The third-order valence-electron chi connectivity index (χ3n) is 4.97. The van der Waals surface area contributed by atoms with Gasteiger partial charge in [0.05, 0.1) is 12.3 Å². The van der Waals surface area contributed by atoms with Gasteiger partial charge in [0.2, 0.25) is 0 Å². The average molecular weight is 279 g/mol. The SMILES string of the molecule is CCCn1cc(C(O)C2(CN)CCCC(CC)C2)cn1. The van der Waals surface area contributed by atoms with Gasteiger partial charge in [0, 0.05) is 30.3 Å². The van der Waals surface area contributed by atoms with Crippen LogP contribution in [0.5, 0.6) is 0 Å². The molecule has 3 N–H and O–H groups in total. The molecule has 1 aromatic heterocycles. The fourth-order valence-electron chi connectivity index (χ4n) is 3.64. The van der Waals surface area contributed by atoms with Crippen LogP contribution in [-0.2, 0) is 6.54 Å². The second kappa shape index (κ2) is 6.72. The molecule has 0 spiro atoms. The van der Waals surface area contributed by atoms with E-state index in [4.69, 9.17) is 5.73 Å². The van der Waals surface area contributed by atoms with E-state index < -0.39 is 6.10 Å². The smallest absolute Gasteiger partial charge is 0.0888 e. The molecule has 0 radical (unpaired) electrons. The Labute approximate surface area is 122 Å². The van der Waals surface area contributed by atoms with Crippen LogP contribution in [0, 0.1) is 11.3 Å². The Hall–Kier alpha value is -0.870. The van der Waals surface area contributed by atoms with Crippen LogP contribution in [0.2, 0.25) is 0 Å². The molecule has 1 fully saturated rings. The second-order valence-electron chi connectivity index (χ2n) is 6.38. The van der Waals surface area contributed by atoms with E-state index in [0.29, 0.717) is 12.5 Å². The van der Waals surface area contributed by atoms with E-state index in [2.05, 4.69) is 18.9 Å². The average Bonchev–Trinajstić information content (AvgIpc) is 2.95. The van der Waals surface area contributed by atoms with Gasteiger partial charge in [0.15, 0.2) is 0 Å². The van der Waals surface area contributed by atoms with Gasteiger partial charge < -0.3 is 10.8 Å². The number of nitrogens with two attached hydrogens (primary N) is 1. The fraction of sp³-hybridized carbons (Fsp3) is 0.812. The van der Waals surface area contributed by atoms with Gasteiger partial charge in [0.25, 0.3) is 0 Å². The molecule has 1 saturated carbocycles. The summed E-state index contributed by atoms with van der Waals surface area (Å²) >= 11 is 0. The lowest BCUT2D eigenvalue weighted by atomic mass is 9.65. The monoisotopic (exact) mass is 279 g/mol. The molecule has 3 unspecified atom stereocenters. The van der Waals surface area contributed by atoms with Crippen LogP contribution in [0.3, 0.4) is 0 Å². The first-order chi connectivity index (χ1) is 9.65. The summed E-state index contributed by atoms with van der Waals surface area (Å²) in [6, 6.07) is 0. The fourth-order valence-corrected chi connectivity index (χ4v) is 3.64. The molecule has 2 rings (SSSR count). The van der Waals surface area contributed by atoms with Crippen molar-refractivity contribution < 1.29 is 5.11 Å².